The lowest BCUT2D eigenvalue weighted by atomic mass is 9.84. The highest BCUT2D eigenvalue weighted by Crippen LogP contribution is 2.36. The van der Waals surface area contributed by atoms with E-state index in [9.17, 15) is 19.8 Å². The molecule has 1 amide bonds. The Bertz CT molecular complexity index is 1240. The molecule has 0 bridgehead atoms. The minimum atomic E-state index is -0.770. The second-order valence-electron chi connectivity index (χ2n) is 11.5. The van der Waals surface area contributed by atoms with Crippen molar-refractivity contribution in [1.29, 1.82) is 0 Å². The Balaban J connectivity index is 1.30. The van der Waals surface area contributed by atoms with Gasteiger partial charge in [0.2, 0.25) is 5.91 Å². The molecule has 1 aliphatic carbocycles. The normalized spacial score (nSPS) is 21.6. The molecule has 1 atom stereocenters. The summed E-state index contributed by atoms with van der Waals surface area (Å²) in [4.78, 5) is 33.6. The number of amides is 1. The molecule has 0 spiro atoms. The van der Waals surface area contributed by atoms with E-state index in [1.807, 2.05) is 48.5 Å². The minimum absolute atomic E-state index is 0.00725. The van der Waals surface area contributed by atoms with Gasteiger partial charge in [0, 0.05) is 50.4 Å². The first-order valence-corrected chi connectivity index (χ1v) is 15.1. The minimum Gasteiger partial charge on any atom is -0.481 e. The molecule has 1 saturated heterocycles. The number of hydrogen-bond acceptors (Lipinski definition) is 8. The first-order chi connectivity index (χ1) is 20.4. The number of ether oxygens (including phenoxy) is 2. The van der Waals surface area contributed by atoms with E-state index in [4.69, 9.17) is 20.2 Å². The predicted octanol–water partition coefficient (Wildman–Crippen LogP) is 4.28. The number of carboxylic acids is 1. The number of guanidine groups is 1. The van der Waals surface area contributed by atoms with Gasteiger partial charge in [-0.1, -0.05) is 18.2 Å². The molecule has 1 unspecified atom stereocenters. The van der Waals surface area contributed by atoms with E-state index < -0.39 is 5.97 Å². The van der Waals surface area contributed by atoms with E-state index in [1.54, 1.807) is 4.90 Å². The number of carbonyl (C=O) groups excluding carboxylic acids is 1. The number of para-hydroxylation sites is 1. The zero-order valence-corrected chi connectivity index (χ0v) is 24.1. The highest BCUT2D eigenvalue weighted by molar-refractivity contribution is 5.84. The maximum Gasteiger partial charge on any atom is 0.306 e. The summed E-state index contributed by atoms with van der Waals surface area (Å²) in [6, 6.07) is 15.4. The molecule has 3 aliphatic rings. The lowest BCUT2D eigenvalue weighted by Gasteiger charge is -2.42. The quantitative estimate of drug-likeness (QED) is 0.359. The number of nitrogens with two attached hydrogens (primary N) is 1. The fourth-order valence-electron chi connectivity index (χ4n) is 6.64. The Morgan fingerprint density at radius 2 is 1.79 bits per heavy atom. The Morgan fingerprint density at radius 1 is 1.05 bits per heavy atom. The van der Waals surface area contributed by atoms with Crippen LogP contribution in [-0.2, 0) is 20.9 Å². The van der Waals surface area contributed by atoms with Crippen molar-refractivity contribution < 1.29 is 29.3 Å². The Morgan fingerprint density at radius 3 is 2.48 bits per heavy atom. The van der Waals surface area contributed by atoms with Gasteiger partial charge in [-0.15, -0.1) is 0 Å². The Labute approximate surface area is 247 Å². The number of aliphatic hydroxyl groups excluding tert-OH is 1. The average Bonchev–Trinajstić information content (AvgIpc) is 3.01. The summed E-state index contributed by atoms with van der Waals surface area (Å²) >= 11 is 0. The van der Waals surface area contributed by atoms with Crippen LogP contribution in [0, 0.1) is 11.8 Å². The zero-order chi connectivity index (χ0) is 29.5. The molecular formula is C32H42N4O6. The zero-order valence-electron chi connectivity index (χ0n) is 24.1. The number of nitrogens with zero attached hydrogens (tertiary/aromatic N) is 3. The maximum atomic E-state index is 13.6. The van der Waals surface area contributed by atoms with Gasteiger partial charge in [-0.05, 0) is 81.2 Å². The number of hydrogen-bond donors (Lipinski definition) is 3. The lowest BCUT2D eigenvalue weighted by molar-refractivity contribution is -0.143. The molecule has 2 fully saturated rings. The van der Waals surface area contributed by atoms with Crippen LogP contribution in [0.3, 0.4) is 0 Å². The molecule has 226 valence electrons. The smallest absolute Gasteiger partial charge is 0.306 e. The number of carboxylic acid groups (broad SMARTS) is 1. The van der Waals surface area contributed by atoms with Crippen LogP contribution in [0.15, 0.2) is 53.5 Å². The molecule has 5 rings (SSSR count). The van der Waals surface area contributed by atoms with Gasteiger partial charge in [0.1, 0.15) is 11.5 Å². The number of carbonyl (C=O) groups is 2. The van der Waals surface area contributed by atoms with Crippen molar-refractivity contribution in [2.75, 3.05) is 26.4 Å². The molecule has 0 radical (unpaired) electrons. The molecule has 42 heavy (non-hydrogen) atoms. The van der Waals surface area contributed by atoms with E-state index in [-0.39, 0.29) is 37.1 Å². The van der Waals surface area contributed by atoms with Crippen LogP contribution in [0.25, 0.3) is 0 Å². The van der Waals surface area contributed by atoms with Crippen molar-refractivity contribution in [1.82, 2.24) is 9.80 Å². The highest BCUT2D eigenvalue weighted by Gasteiger charge is 2.35. The van der Waals surface area contributed by atoms with Gasteiger partial charge in [-0.2, -0.15) is 0 Å². The van der Waals surface area contributed by atoms with Crippen molar-refractivity contribution in [3.05, 3.63) is 54.1 Å². The molecule has 10 nitrogen and oxygen atoms in total. The van der Waals surface area contributed by atoms with Gasteiger partial charge >= 0.3 is 5.97 Å². The number of fused-ring (bicyclic) bond motifs is 1. The van der Waals surface area contributed by atoms with Crippen LogP contribution in [0.2, 0.25) is 0 Å². The van der Waals surface area contributed by atoms with E-state index in [2.05, 4.69) is 4.90 Å². The van der Waals surface area contributed by atoms with Crippen LogP contribution < -0.4 is 10.5 Å². The maximum absolute atomic E-state index is 13.6. The monoisotopic (exact) mass is 578 g/mol. The fourth-order valence-corrected chi connectivity index (χ4v) is 6.64. The molecule has 1 saturated carbocycles. The summed E-state index contributed by atoms with van der Waals surface area (Å²) < 4.78 is 11.7. The van der Waals surface area contributed by atoms with Gasteiger partial charge in [-0.25, -0.2) is 4.99 Å². The van der Waals surface area contributed by atoms with Gasteiger partial charge in [0.05, 0.1) is 18.2 Å². The average molecular weight is 579 g/mol. The second-order valence-corrected chi connectivity index (χ2v) is 11.5. The van der Waals surface area contributed by atoms with Gasteiger partial charge < -0.3 is 35.2 Å². The van der Waals surface area contributed by atoms with Crippen molar-refractivity contribution in [3.8, 4) is 11.5 Å². The topological polar surface area (TPSA) is 138 Å². The van der Waals surface area contributed by atoms with Crippen molar-refractivity contribution in [2.45, 2.75) is 70.0 Å². The molecule has 0 aromatic heterocycles. The first kappa shape index (κ1) is 29.8. The first-order valence-electron chi connectivity index (χ1n) is 15.1. The molecule has 10 heteroatoms. The number of aliphatic imine (C=N–C) groups is 1. The molecular weight excluding hydrogens is 536 g/mol. The fraction of sp³-hybridized carbons (Fsp3) is 0.531. The van der Waals surface area contributed by atoms with Crippen molar-refractivity contribution >= 4 is 23.5 Å². The molecule has 2 aliphatic heterocycles. The standard InChI is InChI=1S/C32H42N4O6/c33-32-34-28-11-10-27(42-26-4-2-1-3-5-26)20-24(28)21-36(32)29(22-14-18-41-19-15-22)12-13-30(38)35(16-17-37)25-8-6-23(7-9-25)31(39)40/h1-5,10-11,20,22-23,25,29,37H,6-9,12-19,21H2,(H2,33,34)(H,39,40)/t23-,25+,29?. The van der Waals surface area contributed by atoms with Crippen molar-refractivity contribution in [2.24, 2.45) is 22.6 Å². The molecule has 2 aromatic rings. The molecule has 4 N–H and O–H groups in total. The van der Waals surface area contributed by atoms with Gasteiger partial charge in [0.25, 0.3) is 0 Å². The van der Waals surface area contributed by atoms with Crippen LogP contribution in [0.1, 0.15) is 56.9 Å². The number of aliphatic carboxylic acids is 1. The number of rotatable bonds is 11. The van der Waals surface area contributed by atoms with E-state index in [0.29, 0.717) is 70.2 Å². The summed E-state index contributed by atoms with van der Waals surface area (Å²) in [6.45, 7) is 2.05. The summed E-state index contributed by atoms with van der Waals surface area (Å²) in [6.07, 6.45) is 5.06. The second kappa shape index (κ2) is 14.0. The number of benzene rings is 2. The Hall–Kier alpha value is -3.63. The highest BCUT2D eigenvalue weighted by atomic mass is 16.5. The third kappa shape index (κ3) is 7.22. The summed E-state index contributed by atoms with van der Waals surface area (Å²) in [5.41, 5.74) is 8.40. The van der Waals surface area contributed by atoms with Crippen molar-refractivity contribution in [3.63, 3.8) is 0 Å². The lowest BCUT2D eigenvalue weighted by Crippen LogP contribution is -2.50. The van der Waals surface area contributed by atoms with E-state index in [1.165, 1.54) is 0 Å². The SMILES string of the molecule is NC1=Nc2ccc(Oc3ccccc3)cc2CN1C(CCC(=O)N(CCO)[C@H]1CC[C@@H](C(=O)O)CC1)C1CCOCC1. The van der Waals surface area contributed by atoms with Crippen LogP contribution in [-0.4, -0.2) is 76.3 Å². The van der Waals surface area contributed by atoms with Gasteiger partial charge in [0.15, 0.2) is 5.96 Å². The summed E-state index contributed by atoms with van der Waals surface area (Å²) in [7, 11) is 0. The Kier molecular flexibility index (Phi) is 9.97. The van der Waals surface area contributed by atoms with E-state index in [0.717, 1.165) is 35.6 Å². The predicted molar refractivity (Wildman–Crippen MR) is 159 cm³/mol. The largest absolute Gasteiger partial charge is 0.481 e. The molecule has 2 aromatic carbocycles. The van der Waals surface area contributed by atoms with E-state index >= 15 is 0 Å². The third-order valence-corrected chi connectivity index (χ3v) is 8.91. The van der Waals surface area contributed by atoms with Crippen LogP contribution >= 0.6 is 0 Å². The number of aliphatic hydroxyl groups is 1. The summed E-state index contributed by atoms with van der Waals surface area (Å²) in [5.74, 6) is 1.10. The van der Waals surface area contributed by atoms with Gasteiger partial charge in [-0.3, -0.25) is 9.59 Å². The summed E-state index contributed by atoms with van der Waals surface area (Å²) in [5, 5.41) is 19.1. The molecule has 2 heterocycles. The van der Waals surface area contributed by atoms with Crippen LogP contribution in [0.5, 0.6) is 11.5 Å². The third-order valence-electron chi connectivity index (χ3n) is 8.91. The van der Waals surface area contributed by atoms with Crippen LogP contribution in [0.4, 0.5) is 5.69 Å².